The third kappa shape index (κ3) is 2.55. The van der Waals surface area contributed by atoms with Crippen molar-refractivity contribution in [3.8, 4) is 0 Å². The van der Waals surface area contributed by atoms with Crippen LogP contribution >= 0.6 is 27.5 Å². The monoisotopic (exact) mass is 408 g/mol. The fraction of sp³-hybridized carbons (Fsp3) is 0.0625. The van der Waals surface area contributed by atoms with Gasteiger partial charge in [-0.25, -0.2) is 15.0 Å². The number of fused-ring (bicyclic) bond motifs is 3. The SMILES string of the molecule is O.OC1=C2C(CBr)=Nc3ccccc3N2NN1c1ccc(Cl)cc1. The minimum Gasteiger partial charge on any atom is -0.492 e. The standard InChI is InChI=1S/C16H12BrClN4O.H2O/c17-9-13-15-16(23)21(11-7-5-10(18)6-8-11)20-22(15)14-4-2-1-3-12(14)19-13;/h1-8,20,23H,9H2;1H2. The number of hydrogen-bond donors (Lipinski definition) is 2. The van der Waals surface area contributed by atoms with Crippen molar-refractivity contribution in [1.82, 2.24) is 5.53 Å². The maximum atomic E-state index is 10.7. The molecule has 2 aliphatic heterocycles. The van der Waals surface area contributed by atoms with Gasteiger partial charge in [0.2, 0.25) is 5.88 Å². The van der Waals surface area contributed by atoms with Crippen molar-refractivity contribution in [2.24, 2.45) is 4.99 Å². The Bertz CT molecular complexity index is 838. The van der Waals surface area contributed by atoms with Crippen molar-refractivity contribution >= 4 is 50.3 Å². The first-order valence-electron chi connectivity index (χ1n) is 6.97. The molecule has 4 rings (SSSR count). The van der Waals surface area contributed by atoms with Gasteiger partial charge in [-0.3, -0.25) is 0 Å². The van der Waals surface area contributed by atoms with Crippen LogP contribution in [0.4, 0.5) is 17.1 Å². The summed E-state index contributed by atoms with van der Waals surface area (Å²) in [5, 5.41) is 15.3. The van der Waals surface area contributed by atoms with Gasteiger partial charge in [0.05, 0.1) is 22.8 Å². The number of anilines is 2. The Labute approximate surface area is 152 Å². The Hall–Kier alpha value is -2.06. The number of para-hydroxylation sites is 2. The molecule has 24 heavy (non-hydrogen) atoms. The number of hydrogen-bond acceptors (Lipinski definition) is 5. The summed E-state index contributed by atoms with van der Waals surface area (Å²) in [5.74, 6) is 0.0972. The van der Waals surface area contributed by atoms with Crippen LogP contribution in [0.2, 0.25) is 5.02 Å². The van der Waals surface area contributed by atoms with E-state index in [4.69, 9.17) is 11.6 Å². The first kappa shape index (κ1) is 16.8. The van der Waals surface area contributed by atoms with E-state index >= 15 is 0 Å². The molecular weight excluding hydrogens is 396 g/mol. The number of hydrazine groups is 2. The van der Waals surface area contributed by atoms with Gasteiger partial charge in [0.15, 0.2) is 0 Å². The topological polar surface area (TPSA) is 82.6 Å². The molecular formula is C16H14BrClN4O2. The summed E-state index contributed by atoms with van der Waals surface area (Å²) >= 11 is 9.39. The van der Waals surface area contributed by atoms with Crippen LogP contribution < -0.4 is 15.6 Å². The molecule has 0 bridgehead atoms. The lowest BCUT2D eigenvalue weighted by Crippen LogP contribution is -2.43. The Kier molecular flexibility index (Phi) is 4.51. The molecule has 6 nitrogen and oxygen atoms in total. The molecule has 2 aliphatic rings. The predicted octanol–water partition coefficient (Wildman–Crippen LogP) is 3.47. The van der Waals surface area contributed by atoms with Crippen LogP contribution in [-0.2, 0) is 0 Å². The van der Waals surface area contributed by atoms with Gasteiger partial charge in [-0.15, -0.1) is 5.53 Å². The zero-order valence-corrected chi connectivity index (χ0v) is 14.7. The summed E-state index contributed by atoms with van der Waals surface area (Å²) in [6, 6.07) is 15.0. The average molecular weight is 410 g/mol. The number of aliphatic hydroxyl groups excluding tert-OH is 1. The number of nitrogens with one attached hydrogen (secondary N) is 1. The molecule has 0 saturated heterocycles. The fourth-order valence-corrected chi connectivity index (χ4v) is 3.16. The van der Waals surface area contributed by atoms with Gasteiger partial charge in [0, 0.05) is 10.4 Å². The van der Waals surface area contributed by atoms with Crippen LogP contribution in [0.15, 0.2) is 65.1 Å². The molecule has 0 saturated carbocycles. The van der Waals surface area contributed by atoms with Crippen LogP contribution in [0.25, 0.3) is 0 Å². The lowest BCUT2D eigenvalue weighted by molar-refractivity contribution is 0.389. The molecule has 8 heteroatoms. The fourth-order valence-electron chi connectivity index (χ4n) is 2.65. The highest BCUT2D eigenvalue weighted by molar-refractivity contribution is 9.09. The van der Waals surface area contributed by atoms with Crippen molar-refractivity contribution in [3.63, 3.8) is 0 Å². The maximum Gasteiger partial charge on any atom is 0.236 e. The number of benzene rings is 2. The van der Waals surface area contributed by atoms with Gasteiger partial charge < -0.3 is 10.6 Å². The molecule has 0 radical (unpaired) electrons. The molecule has 0 atom stereocenters. The maximum absolute atomic E-state index is 10.7. The molecule has 0 unspecified atom stereocenters. The molecule has 0 fully saturated rings. The lowest BCUT2D eigenvalue weighted by Gasteiger charge is -2.28. The molecule has 4 N–H and O–H groups in total. The third-order valence-corrected chi connectivity index (χ3v) is 4.49. The molecule has 0 aliphatic carbocycles. The summed E-state index contributed by atoms with van der Waals surface area (Å²) in [7, 11) is 0. The second kappa shape index (κ2) is 6.45. The molecule has 124 valence electrons. The number of nitrogens with zero attached hydrogens (tertiary/aromatic N) is 3. The van der Waals surface area contributed by atoms with Crippen LogP contribution in [0.5, 0.6) is 0 Å². The zero-order chi connectivity index (χ0) is 16.0. The molecule has 0 amide bonds. The first-order chi connectivity index (χ1) is 11.2. The van der Waals surface area contributed by atoms with E-state index in [1.54, 1.807) is 17.1 Å². The molecule has 2 aromatic carbocycles. The average Bonchev–Trinajstić information content (AvgIpc) is 2.93. The second-order valence-corrected chi connectivity index (χ2v) is 6.10. The van der Waals surface area contributed by atoms with Gasteiger partial charge in [-0.2, -0.15) is 0 Å². The van der Waals surface area contributed by atoms with Crippen LogP contribution in [0.1, 0.15) is 0 Å². The normalized spacial score (nSPS) is 15.7. The van der Waals surface area contributed by atoms with E-state index in [1.165, 1.54) is 0 Å². The third-order valence-electron chi connectivity index (χ3n) is 3.71. The Morgan fingerprint density at radius 3 is 2.50 bits per heavy atom. The largest absolute Gasteiger partial charge is 0.492 e. The number of alkyl halides is 1. The summed E-state index contributed by atoms with van der Waals surface area (Å²) < 4.78 is 0. The Morgan fingerprint density at radius 2 is 1.79 bits per heavy atom. The van der Waals surface area contributed by atoms with Gasteiger partial charge in [0.1, 0.15) is 5.70 Å². The summed E-state index contributed by atoms with van der Waals surface area (Å²) in [6.45, 7) is 0. The van der Waals surface area contributed by atoms with Crippen molar-refractivity contribution in [2.45, 2.75) is 0 Å². The van der Waals surface area contributed by atoms with E-state index in [-0.39, 0.29) is 11.4 Å². The zero-order valence-electron chi connectivity index (χ0n) is 12.4. The highest BCUT2D eigenvalue weighted by Crippen LogP contribution is 2.39. The number of aliphatic hydroxyl groups is 1. The molecule has 0 aromatic heterocycles. The highest BCUT2D eigenvalue weighted by Gasteiger charge is 2.37. The van der Waals surface area contributed by atoms with Crippen molar-refractivity contribution in [2.75, 3.05) is 15.3 Å². The first-order valence-corrected chi connectivity index (χ1v) is 8.47. The molecule has 2 heterocycles. The lowest BCUT2D eigenvalue weighted by atomic mass is 10.1. The van der Waals surface area contributed by atoms with Crippen LogP contribution in [0.3, 0.4) is 0 Å². The number of rotatable bonds is 2. The quantitative estimate of drug-likeness (QED) is 0.744. The van der Waals surface area contributed by atoms with Crippen molar-refractivity contribution in [3.05, 3.63) is 65.1 Å². The van der Waals surface area contributed by atoms with Crippen molar-refractivity contribution in [1.29, 1.82) is 0 Å². The number of allylic oxidation sites excluding steroid dienone is 1. The van der Waals surface area contributed by atoms with Gasteiger partial charge in [-0.1, -0.05) is 39.7 Å². The van der Waals surface area contributed by atoms with E-state index in [2.05, 4.69) is 26.5 Å². The Balaban J connectivity index is 0.00000169. The smallest absolute Gasteiger partial charge is 0.236 e. The summed E-state index contributed by atoms with van der Waals surface area (Å²) in [5.41, 5.74) is 7.10. The summed E-state index contributed by atoms with van der Waals surface area (Å²) in [6.07, 6.45) is 0. The predicted molar refractivity (Wildman–Crippen MR) is 100 cm³/mol. The van der Waals surface area contributed by atoms with E-state index in [1.807, 2.05) is 41.4 Å². The van der Waals surface area contributed by atoms with E-state index in [0.717, 1.165) is 22.8 Å². The minimum absolute atomic E-state index is 0. The van der Waals surface area contributed by atoms with Crippen molar-refractivity contribution < 1.29 is 10.6 Å². The molecule has 2 aromatic rings. The van der Waals surface area contributed by atoms with E-state index in [0.29, 0.717) is 16.0 Å². The minimum atomic E-state index is 0. The van der Waals surface area contributed by atoms with Gasteiger partial charge in [0.25, 0.3) is 0 Å². The Morgan fingerprint density at radius 1 is 1.08 bits per heavy atom. The number of halogens is 2. The highest BCUT2D eigenvalue weighted by atomic mass is 79.9. The van der Waals surface area contributed by atoms with Gasteiger partial charge in [-0.05, 0) is 36.4 Å². The van der Waals surface area contributed by atoms with Crippen LogP contribution in [-0.4, -0.2) is 21.6 Å². The van der Waals surface area contributed by atoms with Gasteiger partial charge >= 0.3 is 0 Å². The second-order valence-electron chi connectivity index (χ2n) is 5.10. The molecule has 0 spiro atoms. The summed E-state index contributed by atoms with van der Waals surface area (Å²) in [4.78, 5) is 4.62. The van der Waals surface area contributed by atoms with E-state index in [9.17, 15) is 5.11 Å². The van der Waals surface area contributed by atoms with Crippen LogP contribution in [0, 0.1) is 0 Å². The number of aliphatic imine (C=N–C) groups is 1. The van der Waals surface area contributed by atoms with E-state index < -0.39 is 0 Å².